The molecule has 0 saturated carbocycles. The zero-order valence-electron chi connectivity index (χ0n) is 19.7. The predicted octanol–water partition coefficient (Wildman–Crippen LogP) is 5.55. The molecule has 0 aliphatic carbocycles. The summed E-state index contributed by atoms with van der Waals surface area (Å²) in [6, 6.07) is 17.5. The van der Waals surface area contributed by atoms with Crippen LogP contribution in [-0.2, 0) is 21.2 Å². The monoisotopic (exact) mass is 512 g/mol. The Kier molecular flexibility index (Phi) is 8.83. The zero-order valence-corrected chi connectivity index (χ0v) is 21.3. The van der Waals surface area contributed by atoms with Gasteiger partial charge in [0.15, 0.2) is 0 Å². The number of carbonyl (C=O) groups is 1. The molecular formula is C27H29ClN2O4S. The van der Waals surface area contributed by atoms with Gasteiger partial charge in [0, 0.05) is 29.9 Å². The molecule has 0 fully saturated rings. The number of carboxylic acids is 1. The van der Waals surface area contributed by atoms with Crippen LogP contribution in [0.25, 0.3) is 6.08 Å². The summed E-state index contributed by atoms with van der Waals surface area (Å²) in [7, 11) is -3.62. The first-order chi connectivity index (χ1) is 16.6. The van der Waals surface area contributed by atoms with Crippen LogP contribution in [0.4, 0.5) is 0 Å². The largest absolute Gasteiger partial charge is 0.481 e. The van der Waals surface area contributed by atoms with Crippen molar-refractivity contribution in [2.24, 2.45) is 5.41 Å². The van der Waals surface area contributed by atoms with Gasteiger partial charge in [0.1, 0.15) is 0 Å². The maximum absolute atomic E-state index is 12.4. The lowest BCUT2D eigenvalue weighted by Gasteiger charge is -2.30. The standard InChI is InChI=1S/C27H29ClN2O4S/c1-27(2,26(31)32)25(7-3-5-21-6-4-17-29-19-21)22-10-8-20(9-11-22)16-18-30-35(33,34)24-14-12-23(28)13-15-24/h3-6,8-15,17,19,25,30H,7,16,18H2,1-2H3,(H,31,32). The molecule has 2 N–H and O–H groups in total. The Labute approximate surface area is 211 Å². The quantitative estimate of drug-likeness (QED) is 0.351. The molecule has 2 aromatic carbocycles. The first kappa shape index (κ1) is 26.6. The summed E-state index contributed by atoms with van der Waals surface area (Å²) in [5.74, 6) is -1.11. The second-order valence-electron chi connectivity index (χ2n) is 8.85. The molecule has 0 amide bonds. The molecule has 1 unspecified atom stereocenters. The third-order valence-corrected chi connectivity index (χ3v) is 7.73. The lowest BCUT2D eigenvalue weighted by atomic mass is 9.73. The van der Waals surface area contributed by atoms with E-state index in [-0.39, 0.29) is 17.4 Å². The number of benzene rings is 2. The van der Waals surface area contributed by atoms with E-state index in [4.69, 9.17) is 11.6 Å². The van der Waals surface area contributed by atoms with Gasteiger partial charge in [0.2, 0.25) is 10.0 Å². The minimum Gasteiger partial charge on any atom is -0.481 e. The Balaban J connectivity index is 1.67. The summed E-state index contributed by atoms with van der Waals surface area (Å²) in [6.07, 6.45) is 8.43. The molecule has 3 rings (SSSR count). The molecule has 0 spiro atoms. The van der Waals surface area contributed by atoms with Crippen LogP contribution in [0.15, 0.2) is 84.0 Å². The smallest absolute Gasteiger partial charge is 0.309 e. The molecule has 35 heavy (non-hydrogen) atoms. The second kappa shape index (κ2) is 11.6. The van der Waals surface area contributed by atoms with Crippen molar-refractivity contribution in [2.45, 2.75) is 37.5 Å². The number of nitrogens with zero attached hydrogens (tertiary/aromatic N) is 1. The second-order valence-corrected chi connectivity index (χ2v) is 11.1. The maximum atomic E-state index is 12.4. The summed E-state index contributed by atoms with van der Waals surface area (Å²) in [5, 5.41) is 10.3. The van der Waals surface area contributed by atoms with Crippen LogP contribution < -0.4 is 4.72 Å². The van der Waals surface area contributed by atoms with Crippen LogP contribution in [-0.4, -0.2) is 31.0 Å². The highest BCUT2D eigenvalue weighted by Gasteiger charge is 2.37. The first-order valence-electron chi connectivity index (χ1n) is 11.2. The van der Waals surface area contributed by atoms with Gasteiger partial charge in [-0.15, -0.1) is 0 Å². The number of halogens is 1. The molecule has 0 aliphatic rings. The fourth-order valence-electron chi connectivity index (χ4n) is 3.75. The molecule has 184 valence electrons. The number of allylic oxidation sites excluding steroid dienone is 1. The first-order valence-corrected chi connectivity index (χ1v) is 13.1. The van der Waals surface area contributed by atoms with Crippen LogP contribution in [0.1, 0.15) is 42.9 Å². The molecule has 0 aliphatic heterocycles. The number of aromatic nitrogens is 1. The average molecular weight is 513 g/mol. The van der Waals surface area contributed by atoms with Crippen molar-refractivity contribution in [1.82, 2.24) is 9.71 Å². The highest BCUT2D eigenvalue weighted by molar-refractivity contribution is 7.89. The van der Waals surface area contributed by atoms with Crippen LogP contribution in [0.5, 0.6) is 0 Å². The normalized spacial score (nSPS) is 13.1. The summed E-state index contributed by atoms with van der Waals surface area (Å²) < 4.78 is 27.5. The number of sulfonamides is 1. The fraction of sp³-hybridized carbons (Fsp3) is 0.259. The van der Waals surface area contributed by atoms with E-state index in [9.17, 15) is 18.3 Å². The van der Waals surface area contributed by atoms with Gasteiger partial charge in [-0.2, -0.15) is 0 Å². The molecule has 0 saturated heterocycles. The summed E-state index contributed by atoms with van der Waals surface area (Å²) in [4.78, 5) is 16.3. The third kappa shape index (κ3) is 7.24. The average Bonchev–Trinajstić information content (AvgIpc) is 2.83. The number of aliphatic carboxylic acids is 1. The van der Waals surface area contributed by atoms with E-state index in [0.717, 1.165) is 16.7 Å². The number of rotatable bonds is 11. The lowest BCUT2D eigenvalue weighted by molar-refractivity contribution is -0.148. The summed E-state index contributed by atoms with van der Waals surface area (Å²) in [6.45, 7) is 3.71. The van der Waals surface area contributed by atoms with Gasteiger partial charge in [-0.1, -0.05) is 54.1 Å². The Bertz CT molecular complexity index is 1260. The summed E-state index contributed by atoms with van der Waals surface area (Å²) in [5.41, 5.74) is 1.84. The molecule has 6 nitrogen and oxygen atoms in total. The van der Waals surface area contributed by atoms with E-state index in [1.54, 1.807) is 26.2 Å². The predicted molar refractivity (Wildman–Crippen MR) is 139 cm³/mol. The number of pyridine rings is 1. The molecular weight excluding hydrogens is 484 g/mol. The molecule has 0 radical (unpaired) electrons. The molecule has 1 aromatic heterocycles. The number of hydrogen-bond donors (Lipinski definition) is 2. The van der Waals surface area contributed by atoms with Gasteiger partial charge in [0.05, 0.1) is 10.3 Å². The van der Waals surface area contributed by atoms with Gasteiger partial charge >= 0.3 is 5.97 Å². The van der Waals surface area contributed by atoms with Crippen LogP contribution >= 0.6 is 11.6 Å². The third-order valence-electron chi connectivity index (χ3n) is 6.00. The highest BCUT2D eigenvalue weighted by atomic mass is 35.5. The van der Waals surface area contributed by atoms with Gasteiger partial charge in [-0.05, 0) is 73.7 Å². The van der Waals surface area contributed by atoms with Crippen molar-refractivity contribution in [3.05, 3.63) is 101 Å². The zero-order chi connectivity index (χ0) is 25.5. The van der Waals surface area contributed by atoms with Crippen molar-refractivity contribution in [3.8, 4) is 0 Å². The van der Waals surface area contributed by atoms with Crippen molar-refractivity contribution in [2.75, 3.05) is 6.54 Å². The van der Waals surface area contributed by atoms with Crippen LogP contribution in [0, 0.1) is 5.41 Å². The fourth-order valence-corrected chi connectivity index (χ4v) is 4.91. The van der Waals surface area contributed by atoms with E-state index in [0.29, 0.717) is 17.9 Å². The van der Waals surface area contributed by atoms with Crippen molar-refractivity contribution < 1.29 is 18.3 Å². The molecule has 3 aromatic rings. The lowest BCUT2D eigenvalue weighted by Crippen LogP contribution is -2.31. The van der Waals surface area contributed by atoms with Gasteiger partial charge in [0.25, 0.3) is 0 Å². The Morgan fingerprint density at radius 2 is 1.80 bits per heavy atom. The van der Waals surface area contributed by atoms with E-state index >= 15 is 0 Å². The van der Waals surface area contributed by atoms with Gasteiger partial charge in [-0.3, -0.25) is 9.78 Å². The minimum absolute atomic E-state index is 0.162. The maximum Gasteiger partial charge on any atom is 0.309 e. The van der Waals surface area contributed by atoms with Gasteiger partial charge < -0.3 is 5.11 Å². The van der Waals surface area contributed by atoms with Crippen molar-refractivity contribution >= 4 is 33.7 Å². The summed E-state index contributed by atoms with van der Waals surface area (Å²) >= 11 is 5.83. The topological polar surface area (TPSA) is 96.4 Å². The van der Waals surface area contributed by atoms with E-state index in [1.807, 2.05) is 48.6 Å². The molecule has 1 atom stereocenters. The SMILES string of the molecule is CC(C)(C(=O)O)C(CC=Cc1cccnc1)c1ccc(CCNS(=O)(=O)c2ccc(Cl)cc2)cc1. The van der Waals surface area contributed by atoms with Crippen molar-refractivity contribution in [3.63, 3.8) is 0 Å². The Hall–Kier alpha value is -3.00. The van der Waals surface area contributed by atoms with E-state index in [2.05, 4.69) is 9.71 Å². The van der Waals surface area contributed by atoms with E-state index < -0.39 is 21.4 Å². The van der Waals surface area contributed by atoms with Crippen LogP contribution in [0.2, 0.25) is 5.02 Å². The van der Waals surface area contributed by atoms with Crippen molar-refractivity contribution in [1.29, 1.82) is 0 Å². The molecule has 8 heteroatoms. The van der Waals surface area contributed by atoms with Gasteiger partial charge in [-0.25, -0.2) is 13.1 Å². The Morgan fingerprint density at radius 1 is 1.11 bits per heavy atom. The highest BCUT2D eigenvalue weighted by Crippen LogP contribution is 2.39. The number of carboxylic acid groups (broad SMARTS) is 1. The number of nitrogens with one attached hydrogen (secondary N) is 1. The molecule has 0 bridgehead atoms. The van der Waals surface area contributed by atoms with E-state index in [1.165, 1.54) is 24.3 Å². The Morgan fingerprint density at radius 3 is 2.40 bits per heavy atom. The van der Waals surface area contributed by atoms with Crippen LogP contribution in [0.3, 0.4) is 0 Å². The minimum atomic E-state index is -3.62. The number of hydrogen-bond acceptors (Lipinski definition) is 4. The molecule has 1 heterocycles.